The largest absolute Gasteiger partial charge is 0.309 e. The second-order valence-corrected chi connectivity index (χ2v) is 12.9. The Kier molecular flexibility index (Phi) is 6.20. The molecule has 2 atom stereocenters. The molecule has 224 valence electrons. The van der Waals surface area contributed by atoms with Crippen LogP contribution in [0.1, 0.15) is 30.2 Å². The van der Waals surface area contributed by atoms with E-state index in [9.17, 15) is 5.26 Å². The molecule has 0 amide bonds. The van der Waals surface area contributed by atoms with Crippen molar-refractivity contribution >= 4 is 38.8 Å². The molecule has 0 aliphatic heterocycles. The molecule has 0 fully saturated rings. The van der Waals surface area contributed by atoms with Gasteiger partial charge in [-0.2, -0.15) is 5.26 Å². The zero-order valence-corrected chi connectivity index (χ0v) is 26.3. The molecular weight excluding hydrogens is 571 g/mol. The minimum atomic E-state index is -0.467. The topological polar surface area (TPSA) is 33.6 Å². The molecule has 2 unspecified atom stereocenters. The summed E-state index contributed by atoms with van der Waals surface area (Å²) in [5.41, 5.74) is 11.4. The summed E-state index contributed by atoms with van der Waals surface area (Å²) in [5.74, 6) is -0.265. The molecule has 9 rings (SSSR count). The van der Waals surface area contributed by atoms with E-state index in [1.165, 1.54) is 44.0 Å². The molecule has 3 heteroatoms. The molecule has 5 aromatic carbocycles. The number of hydrogen-bond donors (Lipinski definition) is 0. The summed E-state index contributed by atoms with van der Waals surface area (Å²) < 4.78 is 4.87. The van der Waals surface area contributed by atoms with Crippen molar-refractivity contribution in [2.75, 3.05) is 0 Å². The van der Waals surface area contributed by atoms with Gasteiger partial charge in [0.15, 0.2) is 0 Å². The SMILES string of the molecule is CC1(c2ccccc2-c2cc(-n3c4c(c5ccccc53)CCC=C4)cc(-n3c4ccccc4c4ccccc43)c2)C=CC=CC1C#N. The molecule has 0 radical (unpaired) electrons. The molecule has 47 heavy (non-hydrogen) atoms. The van der Waals surface area contributed by atoms with Crippen LogP contribution in [0.4, 0.5) is 0 Å². The number of rotatable bonds is 4. The number of hydrogen-bond acceptors (Lipinski definition) is 1. The average Bonchev–Trinajstić information content (AvgIpc) is 3.65. The van der Waals surface area contributed by atoms with Crippen molar-refractivity contribution in [1.82, 2.24) is 9.13 Å². The fourth-order valence-electron chi connectivity index (χ4n) is 8.05. The first-order valence-corrected chi connectivity index (χ1v) is 16.4. The van der Waals surface area contributed by atoms with Gasteiger partial charge >= 0.3 is 0 Å². The molecule has 0 spiro atoms. The molecule has 0 saturated heterocycles. The maximum atomic E-state index is 10.3. The number of allylic oxidation sites excluding steroid dienone is 5. The monoisotopic (exact) mass is 603 g/mol. The molecule has 2 heterocycles. The van der Waals surface area contributed by atoms with Crippen molar-refractivity contribution in [2.24, 2.45) is 5.92 Å². The molecule has 3 nitrogen and oxygen atoms in total. The molecule has 2 aliphatic carbocycles. The van der Waals surface area contributed by atoms with Crippen LogP contribution in [0.2, 0.25) is 0 Å². The third-order valence-corrected chi connectivity index (χ3v) is 10.3. The van der Waals surface area contributed by atoms with E-state index < -0.39 is 5.41 Å². The van der Waals surface area contributed by atoms with Gasteiger partial charge in [-0.15, -0.1) is 0 Å². The highest BCUT2D eigenvalue weighted by Crippen LogP contribution is 2.44. The van der Waals surface area contributed by atoms with Crippen LogP contribution in [0.15, 0.2) is 146 Å². The lowest BCUT2D eigenvalue weighted by Crippen LogP contribution is -2.30. The molecule has 0 bridgehead atoms. The van der Waals surface area contributed by atoms with E-state index in [2.05, 4.69) is 162 Å². The van der Waals surface area contributed by atoms with Crippen LogP contribution in [0, 0.1) is 17.2 Å². The van der Waals surface area contributed by atoms with Gasteiger partial charge in [0, 0.05) is 38.6 Å². The van der Waals surface area contributed by atoms with E-state index in [0.717, 1.165) is 40.9 Å². The summed E-state index contributed by atoms with van der Waals surface area (Å²) in [6, 6.07) is 44.5. The fourth-order valence-corrected chi connectivity index (χ4v) is 8.05. The average molecular weight is 604 g/mol. The van der Waals surface area contributed by atoms with Crippen LogP contribution >= 0.6 is 0 Å². The second-order valence-electron chi connectivity index (χ2n) is 12.9. The lowest BCUT2D eigenvalue weighted by atomic mass is 9.68. The van der Waals surface area contributed by atoms with Gasteiger partial charge in [0.2, 0.25) is 0 Å². The Labute approximate surface area is 274 Å². The lowest BCUT2D eigenvalue weighted by molar-refractivity contribution is 0.508. The number of para-hydroxylation sites is 3. The number of benzene rings is 5. The highest BCUT2D eigenvalue weighted by molar-refractivity contribution is 6.09. The van der Waals surface area contributed by atoms with E-state index in [0.29, 0.717) is 0 Å². The van der Waals surface area contributed by atoms with Crippen molar-refractivity contribution < 1.29 is 0 Å². The summed E-state index contributed by atoms with van der Waals surface area (Å²) in [4.78, 5) is 0. The first kappa shape index (κ1) is 27.5. The number of aryl methyl sites for hydroxylation is 1. The molecule has 2 aromatic heterocycles. The summed E-state index contributed by atoms with van der Waals surface area (Å²) in [5, 5.41) is 14.1. The number of nitrogens with zero attached hydrogens (tertiary/aromatic N) is 3. The predicted molar refractivity (Wildman–Crippen MR) is 195 cm³/mol. The van der Waals surface area contributed by atoms with Crippen molar-refractivity contribution in [3.63, 3.8) is 0 Å². The Bertz CT molecular complexity index is 2460. The van der Waals surface area contributed by atoms with Gasteiger partial charge in [-0.1, -0.05) is 116 Å². The van der Waals surface area contributed by atoms with E-state index in [-0.39, 0.29) is 5.92 Å². The Balaban J connectivity index is 1.38. The molecule has 0 saturated carbocycles. The van der Waals surface area contributed by atoms with E-state index in [1.807, 2.05) is 12.2 Å². The summed E-state index contributed by atoms with van der Waals surface area (Å²) >= 11 is 0. The van der Waals surface area contributed by atoms with E-state index in [4.69, 9.17) is 0 Å². The smallest absolute Gasteiger partial charge is 0.0775 e. The van der Waals surface area contributed by atoms with Gasteiger partial charge in [0.05, 0.1) is 28.5 Å². The Morgan fingerprint density at radius 3 is 2.04 bits per heavy atom. The van der Waals surface area contributed by atoms with E-state index >= 15 is 0 Å². The fraction of sp³-hybridized carbons (Fsp3) is 0.114. The normalized spacial score (nSPS) is 18.6. The Hall–Kier alpha value is -5.85. The van der Waals surface area contributed by atoms with Crippen LogP contribution in [0.25, 0.3) is 61.3 Å². The van der Waals surface area contributed by atoms with Crippen LogP contribution in [0.5, 0.6) is 0 Å². The first-order chi connectivity index (χ1) is 23.2. The van der Waals surface area contributed by atoms with Crippen molar-refractivity contribution in [3.8, 4) is 28.6 Å². The maximum absolute atomic E-state index is 10.3. The highest BCUT2D eigenvalue weighted by atomic mass is 15.0. The summed E-state index contributed by atoms with van der Waals surface area (Å²) in [6.45, 7) is 2.19. The third-order valence-electron chi connectivity index (χ3n) is 10.3. The minimum Gasteiger partial charge on any atom is -0.309 e. The van der Waals surface area contributed by atoms with Crippen molar-refractivity contribution in [1.29, 1.82) is 5.26 Å². The lowest BCUT2D eigenvalue weighted by Gasteiger charge is -2.33. The van der Waals surface area contributed by atoms with Gasteiger partial charge < -0.3 is 9.13 Å². The number of aromatic nitrogens is 2. The first-order valence-electron chi connectivity index (χ1n) is 16.4. The van der Waals surface area contributed by atoms with Crippen LogP contribution in [0.3, 0.4) is 0 Å². The highest BCUT2D eigenvalue weighted by Gasteiger charge is 2.35. The second kappa shape index (κ2) is 10.6. The summed E-state index contributed by atoms with van der Waals surface area (Å²) in [7, 11) is 0. The van der Waals surface area contributed by atoms with E-state index in [1.54, 1.807) is 0 Å². The zero-order valence-electron chi connectivity index (χ0n) is 26.3. The van der Waals surface area contributed by atoms with Gasteiger partial charge in [-0.25, -0.2) is 0 Å². The molecule has 7 aromatic rings. The van der Waals surface area contributed by atoms with Gasteiger partial charge in [0.25, 0.3) is 0 Å². The van der Waals surface area contributed by atoms with Gasteiger partial charge in [-0.3, -0.25) is 0 Å². The summed E-state index contributed by atoms with van der Waals surface area (Å²) in [6.07, 6.45) is 15.0. The predicted octanol–water partition coefficient (Wildman–Crippen LogP) is 10.9. The third kappa shape index (κ3) is 4.12. The minimum absolute atomic E-state index is 0.265. The van der Waals surface area contributed by atoms with Crippen LogP contribution in [-0.2, 0) is 11.8 Å². The van der Waals surface area contributed by atoms with Gasteiger partial charge in [-0.05, 0) is 77.6 Å². The molecular formula is C44H33N3. The van der Waals surface area contributed by atoms with Crippen molar-refractivity contribution in [3.05, 3.63) is 162 Å². The molecule has 0 N–H and O–H groups in total. The van der Waals surface area contributed by atoms with Crippen LogP contribution in [-0.4, -0.2) is 9.13 Å². The maximum Gasteiger partial charge on any atom is 0.0775 e. The quantitative estimate of drug-likeness (QED) is 0.197. The standard InChI is InChI=1S/C44H33N3/c1-44(25-13-12-14-31(44)29-45)39-20-7-2-15-34(39)30-26-32(46-40-21-8-3-16-35(40)36-17-4-9-22-41(36)46)28-33(27-30)47-42-23-10-5-18-37(42)38-19-6-11-24-43(38)47/h2-5,7-18,20-28,31H,6,19H2,1H3. The van der Waals surface area contributed by atoms with Gasteiger partial charge in [0.1, 0.15) is 0 Å². The number of fused-ring (bicyclic) bond motifs is 6. The Morgan fingerprint density at radius 1 is 0.702 bits per heavy atom. The number of nitriles is 1. The van der Waals surface area contributed by atoms with Crippen LogP contribution < -0.4 is 0 Å². The zero-order chi connectivity index (χ0) is 31.5. The molecule has 2 aliphatic rings. The van der Waals surface area contributed by atoms with Crippen molar-refractivity contribution in [2.45, 2.75) is 25.2 Å². The Morgan fingerprint density at radius 2 is 1.32 bits per heavy atom.